The van der Waals surface area contributed by atoms with Crippen molar-refractivity contribution in [2.75, 3.05) is 24.7 Å². The molecule has 4 heteroatoms. The van der Waals surface area contributed by atoms with Gasteiger partial charge in [-0.15, -0.1) is 0 Å². The molecule has 0 bridgehead atoms. The minimum atomic E-state index is -0.102. The van der Waals surface area contributed by atoms with Gasteiger partial charge in [-0.05, 0) is 30.9 Å². The van der Waals surface area contributed by atoms with Gasteiger partial charge in [0.15, 0.2) is 0 Å². The van der Waals surface area contributed by atoms with Crippen LogP contribution in [-0.4, -0.2) is 24.9 Å². The van der Waals surface area contributed by atoms with Crippen molar-refractivity contribution in [3.05, 3.63) is 18.2 Å². The smallest absolute Gasteiger partial charge is 0.121 e. The molecular formula is C12H18N2O2. The van der Waals surface area contributed by atoms with Crippen LogP contribution in [0.4, 0.5) is 11.4 Å². The number of hydrogen-bond donors (Lipinski definition) is 3. The van der Waals surface area contributed by atoms with Crippen LogP contribution in [0.15, 0.2) is 18.2 Å². The molecule has 0 unspecified atom stereocenters. The van der Waals surface area contributed by atoms with Crippen LogP contribution in [0, 0.1) is 5.92 Å². The molecule has 1 aliphatic rings. The average Bonchev–Trinajstić information content (AvgIpc) is 2.25. The lowest BCUT2D eigenvalue weighted by molar-refractivity contribution is 0.0487. The first-order valence-corrected chi connectivity index (χ1v) is 5.54. The first-order valence-electron chi connectivity index (χ1n) is 5.54. The standard InChI is InChI=1S/C12H18N2O2/c1-16-10-2-3-11(13)12(6-10)14-7-8-4-9(15)5-8/h2-3,6,8-9,14-15H,4-5,7,13H2,1H3. The maximum absolute atomic E-state index is 9.18. The molecule has 4 N–H and O–H groups in total. The van der Waals surface area contributed by atoms with Gasteiger partial charge in [-0.25, -0.2) is 0 Å². The fraction of sp³-hybridized carbons (Fsp3) is 0.500. The summed E-state index contributed by atoms with van der Waals surface area (Å²) in [5.41, 5.74) is 7.48. The van der Waals surface area contributed by atoms with E-state index in [0.717, 1.165) is 36.5 Å². The van der Waals surface area contributed by atoms with Crippen molar-refractivity contribution in [3.8, 4) is 5.75 Å². The Labute approximate surface area is 95.4 Å². The van der Waals surface area contributed by atoms with Gasteiger partial charge in [0.1, 0.15) is 5.75 Å². The number of aliphatic hydroxyl groups is 1. The van der Waals surface area contributed by atoms with Crippen molar-refractivity contribution in [1.29, 1.82) is 0 Å². The van der Waals surface area contributed by atoms with Gasteiger partial charge < -0.3 is 20.9 Å². The lowest BCUT2D eigenvalue weighted by atomic mass is 9.82. The van der Waals surface area contributed by atoms with Crippen molar-refractivity contribution in [3.63, 3.8) is 0 Å². The number of nitrogens with one attached hydrogen (secondary N) is 1. The first-order chi connectivity index (χ1) is 7.69. The van der Waals surface area contributed by atoms with Crippen LogP contribution in [0.1, 0.15) is 12.8 Å². The second-order valence-electron chi connectivity index (χ2n) is 4.33. The van der Waals surface area contributed by atoms with E-state index in [9.17, 15) is 5.11 Å². The van der Waals surface area contributed by atoms with Gasteiger partial charge in [0.05, 0.1) is 24.6 Å². The van der Waals surface area contributed by atoms with E-state index in [0.29, 0.717) is 5.92 Å². The molecule has 88 valence electrons. The van der Waals surface area contributed by atoms with Crippen LogP contribution < -0.4 is 15.8 Å². The molecular weight excluding hydrogens is 204 g/mol. The molecule has 16 heavy (non-hydrogen) atoms. The minimum Gasteiger partial charge on any atom is -0.497 e. The van der Waals surface area contributed by atoms with Crippen LogP contribution in [0.3, 0.4) is 0 Å². The van der Waals surface area contributed by atoms with Gasteiger partial charge in [-0.2, -0.15) is 0 Å². The Morgan fingerprint density at radius 3 is 2.88 bits per heavy atom. The quantitative estimate of drug-likeness (QED) is 0.675. The molecule has 1 aliphatic carbocycles. The third-order valence-electron chi connectivity index (χ3n) is 3.05. The third-order valence-corrected chi connectivity index (χ3v) is 3.05. The molecule has 0 saturated heterocycles. The Balaban J connectivity index is 1.92. The van der Waals surface area contributed by atoms with Crippen LogP contribution >= 0.6 is 0 Å². The summed E-state index contributed by atoms with van der Waals surface area (Å²) in [6, 6.07) is 5.56. The first kappa shape index (κ1) is 11.1. The Kier molecular flexibility index (Phi) is 3.19. The van der Waals surface area contributed by atoms with Gasteiger partial charge in [0.2, 0.25) is 0 Å². The summed E-state index contributed by atoms with van der Waals surface area (Å²) in [5.74, 6) is 1.35. The molecule has 1 aromatic rings. The normalized spacial score (nSPS) is 23.6. The average molecular weight is 222 g/mol. The molecule has 0 heterocycles. The summed E-state index contributed by atoms with van der Waals surface area (Å²) in [6.07, 6.45) is 1.67. The molecule has 0 amide bonds. The lowest BCUT2D eigenvalue weighted by Gasteiger charge is -2.31. The van der Waals surface area contributed by atoms with E-state index < -0.39 is 0 Å². The summed E-state index contributed by atoms with van der Waals surface area (Å²) in [4.78, 5) is 0. The monoisotopic (exact) mass is 222 g/mol. The molecule has 0 atom stereocenters. The van der Waals surface area contributed by atoms with Gasteiger partial charge >= 0.3 is 0 Å². The van der Waals surface area contributed by atoms with Gasteiger partial charge in [-0.1, -0.05) is 0 Å². The van der Waals surface area contributed by atoms with E-state index in [4.69, 9.17) is 10.5 Å². The van der Waals surface area contributed by atoms with E-state index in [1.807, 2.05) is 18.2 Å². The van der Waals surface area contributed by atoms with Crippen LogP contribution in [0.25, 0.3) is 0 Å². The maximum Gasteiger partial charge on any atom is 0.121 e. The number of rotatable bonds is 4. The predicted molar refractivity (Wildman–Crippen MR) is 64.6 cm³/mol. The second kappa shape index (κ2) is 4.61. The SMILES string of the molecule is COc1ccc(N)c(NCC2CC(O)C2)c1. The van der Waals surface area contributed by atoms with Crippen molar-refractivity contribution in [1.82, 2.24) is 0 Å². The Morgan fingerprint density at radius 1 is 1.50 bits per heavy atom. The fourth-order valence-corrected chi connectivity index (χ4v) is 1.94. The molecule has 0 aromatic heterocycles. The zero-order valence-electron chi connectivity index (χ0n) is 9.44. The van der Waals surface area contributed by atoms with Gasteiger partial charge in [-0.3, -0.25) is 0 Å². The number of nitrogen functional groups attached to an aromatic ring is 1. The third kappa shape index (κ3) is 2.39. The highest BCUT2D eigenvalue weighted by Gasteiger charge is 2.26. The van der Waals surface area contributed by atoms with Crippen LogP contribution in [-0.2, 0) is 0 Å². The van der Waals surface area contributed by atoms with Gasteiger partial charge in [0, 0.05) is 12.6 Å². The Morgan fingerprint density at radius 2 is 2.25 bits per heavy atom. The summed E-state index contributed by atoms with van der Waals surface area (Å²) < 4.78 is 5.14. The topological polar surface area (TPSA) is 67.5 Å². The number of ether oxygens (including phenoxy) is 1. The summed E-state index contributed by atoms with van der Waals surface area (Å²) in [6.45, 7) is 0.856. The van der Waals surface area contributed by atoms with E-state index in [2.05, 4.69) is 5.32 Å². The second-order valence-corrected chi connectivity index (χ2v) is 4.33. The minimum absolute atomic E-state index is 0.102. The molecule has 0 aliphatic heterocycles. The van der Waals surface area contributed by atoms with Crippen molar-refractivity contribution in [2.24, 2.45) is 5.92 Å². The van der Waals surface area contributed by atoms with E-state index in [1.54, 1.807) is 7.11 Å². The summed E-state index contributed by atoms with van der Waals surface area (Å²) in [5, 5.41) is 12.5. The van der Waals surface area contributed by atoms with Crippen LogP contribution in [0.5, 0.6) is 5.75 Å². The van der Waals surface area contributed by atoms with Crippen molar-refractivity contribution < 1.29 is 9.84 Å². The Hall–Kier alpha value is -1.42. The lowest BCUT2D eigenvalue weighted by Crippen LogP contribution is -2.33. The van der Waals surface area contributed by atoms with Crippen molar-refractivity contribution >= 4 is 11.4 Å². The highest BCUT2D eigenvalue weighted by atomic mass is 16.5. The fourth-order valence-electron chi connectivity index (χ4n) is 1.94. The largest absolute Gasteiger partial charge is 0.497 e. The maximum atomic E-state index is 9.18. The summed E-state index contributed by atoms with van der Waals surface area (Å²) in [7, 11) is 1.64. The zero-order valence-corrected chi connectivity index (χ0v) is 9.44. The Bertz CT molecular complexity index is 362. The molecule has 4 nitrogen and oxygen atoms in total. The van der Waals surface area contributed by atoms with Gasteiger partial charge in [0.25, 0.3) is 0 Å². The van der Waals surface area contributed by atoms with Crippen molar-refractivity contribution in [2.45, 2.75) is 18.9 Å². The van der Waals surface area contributed by atoms with E-state index in [-0.39, 0.29) is 6.10 Å². The van der Waals surface area contributed by atoms with E-state index >= 15 is 0 Å². The number of nitrogens with two attached hydrogens (primary N) is 1. The molecule has 2 rings (SSSR count). The zero-order chi connectivity index (χ0) is 11.5. The molecule has 1 saturated carbocycles. The van der Waals surface area contributed by atoms with Crippen LogP contribution in [0.2, 0.25) is 0 Å². The highest BCUT2D eigenvalue weighted by Crippen LogP contribution is 2.29. The predicted octanol–water partition coefficient (Wildman–Crippen LogP) is 1.46. The molecule has 0 spiro atoms. The number of anilines is 2. The van der Waals surface area contributed by atoms with E-state index in [1.165, 1.54) is 0 Å². The molecule has 1 aromatic carbocycles. The number of methoxy groups -OCH3 is 1. The number of benzene rings is 1. The number of aliphatic hydroxyl groups excluding tert-OH is 1. The molecule has 1 fully saturated rings. The number of hydrogen-bond acceptors (Lipinski definition) is 4. The molecule has 0 radical (unpaired) electrons. The highest BCUT2D eigenvalue weighted by molar-refractivity contribution is 5.68. The summed E-state index contributed by atoms with van der Waals surface area (Å²) >= 11 is 0.